The number of carbonyl (C=O) groups is 2. The van der Waals surface area contributed by atoms with Crippen LogP contribution in [0.2, 0.25) is 0 Å². The summed E-state index contributed by atoms with van der Waals surface area (Å²) in [4.78, 5) is 28.7. The minimum atomic E-state index is -0.0277. The highest BCUT2D eigenvalue weighted by Gasteiger charge is 2.49. The van der Waals surface area contributed by atoms with E-state index >= 15 is 0 Å². The van der Waals surface area contributed by atoms with E-state index in [1.807, 2.05) is 39.9 Å². The van der Waals surface area contributed by atoms with Crippen LogP contribution in [0.15, 0.2) is 29.2 Å². The fraction of sp³-hybridized carbons (Fsp3) is 0.400. The molecule has 2 aromatic rings. The number of rotatable bonds is 2. The lowest BCUT2D eigenvalue weighted by atomic mass is 10.1. The van der Waals surface area contributed by atoms with E-state index in [-0.39, 0.29) is 23.9 Å². The van der Waals surface area contributed by atoms with Crippen molar-refractivity contribution in [2.75, 3.05) is 11.4 Å². The molecule has 2 atom stereocenters. The molecule has 2 amide bonds. The maximum atomic E-state index is 12.6. The standard InChI is InChI=1S/C15H16N4O2S/c1-17-8-11(7-16-17)19-12-2-4-18(13(12)6-14(19)20)15(21)10-3-5-22-9-10/h3,5,7-9,12-13H,2,4,6H2,1H3/t12-,13+/m1/s1. The highest BCUT2D eigenvalue weighted by Crippen LogP contribution is 2.36. The predicted molar refractivity (Wildman–Crippen MR) is 82.9 cm³/mol. The Morgan fingerprint density at radius 2 is 2.27 bits per heavy atom. The van der Waals surface area contributed by atoms with E-state index in [2.05, 4.69) is 5.10 Å². The Kier molecular flexibility index (Phi) is 3.04. The van der Waals surface area contributed by atoms with Gasteiger partial charge in [-0.2, -0.15) is 16.4 Å². The molecule has 2 aliphatic rings. The number of thiophene rings is 1. The molecule has 0 N–H and O–H groups in total. The Bertz CT molecular complexity index is 724. The number of hydrogen-bond acceptors (Lipinski definition) is 4. The monoisotopic (exact) mass is 316 g/mol. The van der Waals surface area contributed by atoms with Crippen LogP contribution in [0.4, 0.5) is 5.69 Å². The van der Waals surface area contributed by atoms with Crippen LogP contribution in [0.1, 0.15) is 23.2 Å². The lowest BCUT2D eigenvalue weighted by molar-refractivity contribution is -0.117. The molecule has 2 saturated heterocycles. The van der Waals surface area contributed by atoms with Crippen LogP contribution in [0, 0.1) is 0 Å². The molecular weight excluding hydrogens is 300 g/mol. The normalized spacial score (nSPS) is 24.1. The van der Waals surface area contributed by atoms with Crippen molar-refractivity contribution >= 4 is 28.8 Å². The van der Waals surface area contributed by atoms with Crippen LogP contribution in [-0.2, 0) is 11.8 Å². The van der Waals surface area contributed by atoms with Gasteiger partial charge in [0.25, 0.3) is 5.91 Å². The molecule has 114 valence electrons. The molecule has 0 saturated carbocycles. The molecule has 2 fully saturated rings. The van der Waals surface area contributed by atoms with Gasteiger partial charge in [0.15, 0.2) is 0 Å². The average molecular weight is 316 g/mol. The van der Waals surface area contributed by atoms with Crippen molar-refractivity contribution in [3.05, 3.63) is 34.8 Å². The maximum absolute atomic E-state index is 12.6. The largest absolute Gasteiger partial charge is 0.333 e. The first-order valence-electron chi connectivity index (χ1n) is 7.29. The molecule has 0 unspecified atom stereocenters. The molecule has 0 aliphatic carbocycles. The number of carbonyl (C=O) groups excluding carboxylic acids is 2. The van der Waals surface area contributed by atoms with E-state index in [0.29, 0.717) is 13.0 Å². The minimum absolute atomic E-state index is 0.0277. The molecule has 7 heteroatoms. The summed E-state index contributed by atoms with van der Waals surface area (Å²) in [7, 11) is 1.84. The molecule has 2 aromatic heterocycles. The molecule has 0 spiro atoms. The number of amides is 2. The van der Waals surface area contributed by atoms with Gasteiger partial charge < -0.3 is 9.80 Å². The van der Waals surface area contributed by atoms with E-state index in [1.165, 1.54) is 11.3 Å². The van der Waals surface area contributed by atoms with Crippen molar-refractivity contribution < 1.29 is 9.59 Å². The third-order valence-electron chi connectivity index (χ3n) is 4.49. The van der Waals surface area contributed by atoms with Crippen LogP contribution in [0.5, 0.6) is 0 Å². The summed E-state index contributed by atoms with van der Waals surface area (Å²) in [6, 6.07) is 1.88. The number of aryl methyl sites for hydroxylation is 1. The van der Waals surface area contributed by atoms with Crippen molar-refractivity contribution in [2.45, 2.75) is 24.9 Å². The molecule has 4 rings (SSSR count). The highest BCUT2D eigenvalue weighted by atomic mass is 32.1. The number of hydrogen-bond donors (Lipinski definition) is 0. The van der Waals surface area contributed by atoms with Crippen molar-refractivity contribution in [3.8, 4) is 0 Å². The van der Waals surface area contributed by atoms with Gasteiger partial charge in [0.05, 0.1) is 29.5 Å². The molecule has 0 radical (unpaired) electrons. The van der Waals surface area contributed by atoms with Gasteiger partial charge in [-0.1, -0.05) is 0 Å². The van der Waals surface area contributed by atoms with Crippen molar-refractivity contribution in [2.24, 2.45) is 7.05 Å². The topological polar surface area (TPSA) is 58.4 Å². The average Bonchev–Trinajstić information content (AvgIpc) is 3.22. The van der Waals surface area contributed by atoms with Gasteiger partial charge in [-0.25, -0.2) is 0 Å². The lowest BCUT2D eigenvalue weighted by Crippen LogP contribution is -2.39. The second-order valence-electron chi connectivity index (χ2n) is 5.77. The SMILES string of the molecule is Cn1cc(N2C(=O)C[C@H]3[C@H]2CCN3C(=O)c2ccsc2)cn1. The second-order valence-corrected chi connectivity index (χ2v) is 6.55. The predicted octanol–water partition coefficient (Wildman–Crippen LogP) is 1.50. The number of aromatic nitrogens is 2. The summed E-state index contributed by atoms with van der Waals surface area (Å²) in [6.07, 6.45) is 4.78. The summed E-state index contributed by atoms with van der Waals surface area (Å²) >= 11 is 1.52. The Labute approximate surface area is 131 Å². The zero-order valence-electron chi connectivity index (χ0n) is 12.2. The van der Waals surface area contributed by atoms with Gasteiger partial charge >= 0.3 is 0 Å². The molecule has 2 aliphatic heterocycles. The smallest absolute Gasteiger partial charge is 0.255 e. The third kappa shape index (κ3) is 1.96. The summed E-state index contributed by atoms with van der Waals surface area (Å²) in [5.74, 6) is 0.111. The highest BCUT2D eigenvalue weighted by molar-refractivity contribution is 7.08. The fourth-order valence-electron chi connectivity index (χ4n) is 3.52. The fourth-order valence-corrected chi connectivity index (χ4v) is 4.15. The van der Waals surface area contributed by atoms with Crippen LogP contribution >= 0.6 is 11.3 Å². The van der Waals surface area contributed by atoms with Gasteiger partial charge in [-0.3, -0.25) is 14.3 Å². The zero-order valence-corrected chi connectivity index (χ0v) is 13.0. The number of anilines is 1. The number of likely N-dealkylation sites (tertiary alicyclic amines) is 1. The Balaban J connectivity index is 1.60. The third-order valence-corrected chi connectivity index (χ3v) is 5.18. The van der Waals surface area contributed by atoms with E-state index in [4.69, 9.17) is 0 Å². The molecule has 22 heavy (non-hydrogen) atoms. The second kappa shape index (κ2) is 4.95. The number of nitrogens with zero attached hydrogens (tertiary/aromatic N) is 4. The molecular formula is C15H16N4O2S. The van der Waals surface area contributed by atoms with Gasteiger partial charge in [0.1, 0.15) is 0 Å². The van der Waals surface area contributed by atoms with E-state index in [9.17, 15) is 9.59 Å². The van der Waals surface area contributed by atoms with Crippen molar-refractivity contribution in [3.63, 3.8) is 0 Å². The van der Waals surface area contributed by atoms with Crippen molar-refractivity contribution in [1.29, 1.82) is 0 Å². The summed E-state index contributed by atoms with van der Waals surface area (Å²) < 4.78 is 1.69. The van der Waals surface area contributed by atoms with Gasteiger partial charge in [-0.05, 0) is 17.9 Å². The minimum Gasteiger partial charge on any atom is -0.333 e. The van der Waals surface area contributed by atoms with Crippen LogP contribution in [0.25, 0.3) is 0 Å². The van der Waals surface area contributed by atoms with E-state index in [0.717, 1.165) is 17.7 Å². The Morgan fingerprint density at radius 3 is 2.95 bits per heavy atom. The Morgan fingerprint density at radius 1 is 1.41 bits per heavy atom. The number of fused-ring (bicyclic) bond motifs is 1. The van der Waals surface area contributed by atoms with Crippen LogP contribution in [0.3, 0.4) is 0 Å². The first kappa shape index (κ1) is 13.5. The Hall–Kier alpha value is -2.15. The van der Waals surface area contributed by atoms with Crippen molar-refractivity contribution in [1.82, 2.24) is 14.7 Å². The molecule has 6 nitrogen and oxygen atoms in total. The molecule has 4 heterocycles. The van der Waals surface area contributed by atoms with Gasteiger partial charge in [-0.15, -0.1) is 0 Å². The quantitative estimate of drug-likeness (QED) is 0.844. The van der Waals surface area contributed by atoms with E-state index in [1.54, 1.807) is 10.9 Å². The van der Waals surface area contributed by atoms with Gasteiger partial charge in [0.2, 0.25) is 5.91 Å². The van der Waals surface area contributed by atoms with Crippen LogP contribution < -0.4 is 4.90 Å². The van der Waals surface area contributed by atoms with Gasteiger partial charge in [0, 0.05) is 31.6 Å². The first-order chi connectivity index (χ1) is 10.6. The lowest BCUT2D eigenvalue weighted by Gasteiger charge is -2.24. The molecule has 0 aromatic carbocycles. The molecule has 0 bridgehead atoms. The zero-order chi connectivity index (χ0) is 15.3. The van der Waals surface area contributed by atoms with E-state index < -0.39 is 0 Å². The first-order valence-corrected chi connectivity index (χ1v) is 8.23. The van der Waals surface area contributed by atoms with Crippen LogP contribution in [-0.4, -0.2) is 45.1 Å². The summed E-state index contributed by atoms with van der Waals surface area (Å²) in [5, 5.41) is 7.92. The maximum Gasteiger partial charge on any atom is 0.255 e. The summed E-state index contributed by atoms with van der Waals surface area (Å²) in [6.45, 7) is 0.702. The summed E-state index contributed by atoms with van der Waals surface area (Å²) in [5.41, 5.74) is 1.54.